The number of aromatic nitrogens is 4. The van der Waals surface area contributed by atoms with Crippen molar-refractivity contribution in [1.29, 1.82) is 0 Å². The SMILES string of the molecule is CC(=O)OC[C@H]1O[C@H](n2cc(NC(=O)c3cc(NC(=O)c4nc([N+](=O)[O-])cn4C)cn3[C@H]3O[C@H](COC(C)=O)[C@@H](OC(C)=O)[C@@H](OC(C)=O)[C@H]3OC(C)=O)cc2C(=O)NCCCN(C)C)[C@H](OC(C)=O)[C@H](OC(C)=O)[C@@H]1OC(C)=O. The summed E-state index contributed by atoms with van der Waals surface area (Å²) in [5.74, 6) is -11.6. The van der Waals surface area contributed by atoms with Crippen LogP contribution in [0.5, 0.6) is 0 Å². The average Bonchev–Trinajstić information content (AvgIpc) is 4.13. The zero-order valence-electron chi connectivity index (χ0n) is 45.3. The van der Waals surface area contributed by atoms with E-state index in [1.165, 1.54) is 7.05 Å². The maximum atomic E-state index is 15.1. The summed E-state index contributed by atoms with van der Waals surface area (Å²) in [6.45, 7) is 7.42. The highest BCUT2D eigenvalue weighted by atomic mass is 16.7. The predicted octanol–water partition coefficient (Wildman–Crippen LogP) is 0.629. The van der Waals surface area contributed by atoms with Crippen LogP contribution in [-0.4, -0.2) is 183 Å². The van der Waals surface area contributed by atoms with E-state index in [1.807, 2.05) is 19.0 Å². The topological polar surface area (TPSA) is 390 Å². The number of ether oxygens (including phenoxy) is 10. The highest BCUT2D eigenvalue weighted by molar-refractivity contribution is 6.07. The monoisotopic (exact) mass is 1130 g/mol. The molecule has 10 atom stereocenters. The summed E-state index contributed by atoms with van der Waals surface area (Å²) in [6, 6.07) is 2.22. The van der Waals surface area contributed by atoms with E-state index in [4.69, 9.17) is 47.4 Å². The Morgan fingerprint density at radius 1 is 0.575 bits per heavy atom. The van der Waals surface area contributed by atoms with Crippen molar-refractivity contribution in [3.63, 3.8) is 0 Å². The first-order valence-electron chi connectivity index (χ1n) is 24.3. The van der Waals surface area contributed by atoms with E-state index in [0.717, 1.165) is 99.8 Å². The van der Waals surface area contributed by atoms with Gasteiger partial charge in [-0.05, 0) is 49.1 Å². The van der Waals surface area contributed by atoms with Gasteiger partial charge in [0.2, 0.25) is 0 Å². The number of rotatable bonds is 22. The number of anilines is 2. The van der Waals surface area contributed by atoms with Gasteiger partial charge in [-0.15, -0.1) is 0 Å². The van der Waals surface area contributed by atoms with Crippen LogP contribution >= 0.6 is 0 Å². The Bertz CT molecular complexity index is 2870. The van der Waals surface area contributed by atoms with Crippen molar-refractivity contribution in [2.75, 3.05) is 51.0 Å². The number of nitrogens with one attached hydrogen (secondary N) is 3. The van der Waals surface area contributed by atoms with E-state index in [1.54, 1.807) is 0 Å². The molecule has 2 aliphatic rings. The largest absolute Gasteiger partial charge is 0.463 e. The molecule has 2 saturated heterocycles. The van der Waals surface area contributed by atoms with Gasteiger partial charge in [-0.2, -0.15) is 0 Å². The first-order chi connectivity index (χ1) is 37.5. The predicted molar refractivity (Wildman–Crippen MR) is 265 cm³/mol. The summed E-state index contributed by atoms with van der Waals surface area (Å²) in [6.07, 6.45) is -13.3. The molecule has 0 bridgehead atoms. The quantitative estimate of drug-likeness (QED) is 0.0408. The van der Waals surface area contributed by atoms with Crippen molar-refractivity contribution in [2.24, 2.45) is 7.05 Å². The summed E-state index contributed by atoms with van der Waals surface area (Å²) in [5, 5.41) is 19.4. The Kier molecular flexibility index (Phi) is 21.1. The number of carbonyl (C=O) groups is 11. The first-order valence-corrected chi connectivity index (χ1v) is 24.3. The maximum absolute atomic E-state index is 15.1. The van der Waals surface area contributed by atoms with Crippen LogP contribution in [0.3, 0.4) is 0 Å². The lowest BCUT2D eigenvalue weighted by atomic mass is 9.97. The fourth-order valence-corrected chi connectivity index (χ4v) is 8.56. The third-order valence-electron chi connectivity index (χ3n) is 11.5. The molecule has 32 heteroatoms. The number of carbonyl (C=O) groups excluding carboxylic acids is 11. The molecule has 3 aromatic heterocycles. The summed E-state index contributed by atoms with van der Waals surface area (Å²) in [7, 11) is 4.91. The van der Waals surface area contributed by atoms with Gasteiger partial charge in [-0.3, -0.25) is 52.7 Å². The van der Waals surface area contributed by atoms with Gasteiger partial charge in [0.15, 0.2) is 49.1 Å². The Hall–Kier alpha value is -8.78. The number of hydrogen-bond acceptors (Lipinski definition) is 25. The summed E-state index contributed by atoms with van der Waals surface area (Å²) < 4.78 is 59.9. The Balaban J connectivity index is 1.73. The molecule has 0 radical (unpaired) electrons. The number of nitro groups is 1. The van der Waals surface area contributed by atoms with Gasteiger partial charge in [-0.25, -0.2) is 0 Å². The third kappa shape index (κ3) is 16.4. The molecular weight excluding hydrogens is 1070 g/mol. The lowest BCUT2D eigenvalue weighted by Gasteiger charge is -2.45. The van der Waals surface area contributed by atoms with Crippen LogP contribution in [0, 0.1) is 10.1 Å². The zero-order valence-corrected chi connectivity index (χ0v) is 45.3. The minimum Gasteiger partial charge on any atom is -0.463 e. The highest BCUT2D eigenvalue weighted by Gasteiger charge is 2.55. The number of imidazole rings is 1. The van der Waals surface area contributed by atoms with Crippen LogP contribution in [-0.2, 0) is 92.8 Å². The number of esters is 8. The van der Waals surface area contributed by atoms with Gasteiger partial charge >= 0.3 is 65.3 Å². The van der Waals surface area contributed by atoms with E-state index in [9.17, 15) is 58.1 Å². The van der Waals surface area contributed by atoms with Crippen molar-refractivity contribution >= 4 is 82.7 Å². The van der Waals surface area contributed by atoms with Crippen LogP contribution < -0.4 is 16.0 Å². The van der Waals surface area contributed by atoms with Crippen molar-refractivity contribution in [2.45, 2.75) is 123 Å². The lowest BCUT2D eigenvalue weighted by Crippen LogP contribution is -2.60. The second kappa shape index (κ2) is 27.2. The van der Waals surface area contributed by atoms with Crippen molar-refractivity contribution in [1.82, 2.24) is 28.9 Å². The zero-order chi connectivity index (χ0) is 59.4. The van der Waals surface area contributed by atoms with Gasteiger partial charge in [0.1, 0.15) is 43.0 Å². The summed E-state index contributed by atoms with van der Waals surface area (Å²) in [5.41, 5.74) is -1.30. The Morgan fingerprint density at radius 2 is 0.963 bits per heavy atom. The van der Waals surface area contributed by atoms with Gasteiger partial charge in [0, 0.05) is 81.4 Å². The van der Waals surface area contributed by atoms with E-state index >= 15 is 4.79 Å². The van der Waals surface area contributed by atoms with E-state index < -0.39 is 162 Å². The second-order valence-electron chi connectivity index (χ2n) is 18.3. The van der Waals surface area contributed by atoms with Crippen molar-refractivity contribution in [3.05, 3.63) is 58.0 Å². The molecule has 2 aliphatic heterocycles. The molecule has 0 saturated carbocycles. The van der Waals surface area contributed by atoms with E-state index in [-0.39, 0.29) is 23.6 Å². The van der Waals surface area contributed by atoms with Crippen molar-refractivity contribution < 1.29 is 105 Å². The molecule has 436 valence electrons. The molecule has 0 aliphatic carbocycles. The fraction of sp³-hybridized carbons (Fsp3) is 0.542. The van der Waals surface area contributed by atoms with Gasteiger partial charge in [-0.1, -0.05) is 0 Å². The molecule has 2 fully saturated rings. The standard InChI is InChI=1S/C48H61N9O23/c1-22(58)71-20-34-37(73-24(3)60)39(75-26(5)62)41(77-28(7)64)47(79-34)55-17-30(15-32(55)44(66)49-13-12-14-53(9)10)50-45(67)33-16-31(51-46(68)43-52-36(57(69)70)19-54(43)11)18-56(33)48-42(78-29(8)65)40(76-27(6)63)38(74-25(4)61)35(80-48)21-72-23(2)59/h15-19,34-35,37-42,47-48H,12-14,20-21H2,1-11H3,(H,49,66)(H,50,67)(H,51,68)/t34-,35-,37-,38-,39-,40-,41-,42-,47+,48+/m1/s1. The number of aryl methyl sites for hydroxylation is 1. The fourth-order valence-electron chi connectivity index (χ4n) is 8.56. The molecular formula is C48H61N9O23. The van der Waals surface area contributed by atoms with Gasteiger partial charge < -0.3 is 92.0 Å². The number of amides is 3. The van der Waals surface area contributed by atoms with Crippen LogP contribution in [0.4, 0.5) is 17.2 Å². The molecule has 0 aromatic carbocycles. The van der Waals surface area contributed by atoms with Crippen LogP contribution in [0.1, 0.15) is 106 Å². The second-order valence-corrected chi connectivity index (χ2v) is 18.3. The van der Waals surface area contributed by atoms with Gasteiger partial charge in [0.05, 0.1) is 11.4 Å². The molecule has 3 amide bonds. The van der Waals surface area contributed by atoms with E-state index in [2.05, 4.69) is 20.9 Å². The Labute approximate surface area is 454 Å². The minimum atomic E-state index is -1.83. The molecule has 5 heterocycles. The molecule has 3 N–H and O–H groups in total. The molecule has 5 rings (SSSR count). The highest BCUT2D eigenvalue weighted by Crippen LogP contribution is 2.39. The third-order valence-corrected chi connectivity index (χ3v) is 11.5. The maximum Gasteiger partial charge on any atom is 0.382 e. The number of nitrogens with zero attached hydrogens (tertiary/aromatic N) is 6. The normalized spacial score (nSPS) is 22.4. The smallest absolute Gasteiger partial charge is 0.382 e. The molecule has 0 unspecified atom stereocenters. The lowest BCUT2D eigenvalue weighted by molar-refractivity contribution is -0.389. The van der Waals surface area contributed by atoms with Crippen molar-refractivity contribution in [3.8, 4) is 0 Å². The molecule has 32 nitrogen and oxygen atoms in total. The minimum absolute atomic E-state index is 0.0894. The van der Waals surface area contributed by atoms with Crippen LogP contribution in [0.25, 0.3) is 0 Å². The molecule has 3 aromatic rings. The van der Waals surface area contributed by atoms with E-state index in [0.29, 0.717) is 13.0 Å². The average molecular weight is 1130 g/mol. The van der Waals surface area contributed by atoms with Crippen LogP contribution in [0.15, 0.2) is 30.7 Å². The van der Waals surface area contributed by atoms with Crippen LogP contribution in [0.2, 0.25) is 0 Å². The molecule has 0 spiro atoms. The van der Waals surface area contributed by atoms with Gasteiger partial charge in [0.25, 0.3) is 11.8 Å². The number of hydrogen-bond donors (Lipinski definition) is 3. The molecule has 80 heavy (non-hydrogen) atoms. The first kappa shape index (κ1) is 62.1. The Morgan fingerprint density at radius 3 is 1.34 bits per heavy atom. The summed E-state index contributed by atoms with van der Waals surface area (Å²) in [4.78, 5) is 160. The summed E-state index contributed by atoms with van der Waals surface area (Å²) >= 11 is 0.